The van der Waals surface area contributed by atoms with Crippen LogP contribution in [0, 0.1) is 0 Å². The van der Waals surface area contributed by atoms with Crippen LogP contribution in [0.1, 0.15) is 64.0 Å². The molecule has 1 aromatic heterocycles. The van der Waals surface area contributed by atoms with E-state index in [1.54, 1.807) is 0 Å². The summed E-state index contributed by atoms with van der Waals surface area (Å²) in [7, 11) is 0. The quantitative estimate of drug-likeness (QED) is 0.458. The molecular weight excluding hydrogens is 416 g/mol. The smallest absolute Gasteiger partial charge is 0.275 e. The molecule has 2 heterocycles. The first-order valence-corrected chi connectivity index (χ1v) is 12.6. The molecule has 8 nitrogen and oxygen atoms in total. The molecule has 0 aromatic carbocycles. The van der Waals surface area contributed by atoms with Gasteiger partial charge in [-0.2, -0.15) is 5.10 Å². The van der Waals surface area contributed by atoms with Gasteiger partial charge in [0.1, 0.15) is 0 Å². The van der Waals surface area contributed by atoms with Gasteiger partial charge in [0.25, 0.3) is 5.91 Å². The second kappa shape index (κ2) is 11.8. The monoisotopic (exact) mass is 458 g/mol. The number of carbonyl (C=O) groups is 2. The Balaban J connectivity index is 1.65. The number of rotatable bonds is 11. The lowest BCUT2D eigenvalue weighted by atomic mass is 10.1. The zero-order valence-corrected chi connectivity index (χ0v) is 21.2. The Morgan fingerprint density at radius 2 is 1.79 bits per heavy atom. The van der Waals surface area contributed by atoms with Crippen LogP contribution < -0.4 is 10.6 Å². The second-order valence-corrected chi connectivity index (χ2v) is 9.48. The Labute approximate surface area is 198 Å². The molecule has 1 fully saturated rings. The molecule has 1 aliphatic carbocycles. The molecule has 0 saturated carbocycles. The number of hydrogen-bond acceptors (Lipinski definition) is 5. The fourth-order valence-corrected chi connectivity index (χ4v) is 4.86. The third-order valence-electron chi connectivity index (χ3n) is 6.97. The van der Waals surface area contributed by atoms with Gasteiger partial charge in [-0.3, -0.25) is 24.1 Å². The van der Waals surface area contributed by atoms with Crippen LogP contribution in [-0.4, -0.2) is 107 Å². The van der Waals surface area contributed by atoms with Crippen molar-refractivity contribution in [3.63, 3.8) is 0 Å². The van der Waals surface area contributed by atoms with E-state index in [4.69, 9.17) is 5.10 Å². The molecular formula is C25H42N6O2. The molecule has 1 unspecified atom stereocenters. The number of fused-ring (bicyclic) bond motifs is 1. The number of likely N-dealkylation sites (N-methyl/N-ethyl adjacent to an activating group) is 2. The zero-order valence-electron chi connectivity index (χ0n) is 21.2. The topological polar surface area (TPSA) is 64.9 Å². The number of hydrogen-bond donors (Lipinski definition) is 0. The third-order valence-corrected chi connectivity index (χ3v) is 6.97. The molecule has 1 atom stereocenters. The van der Waals surface area contributed by atoms with Crippen molar-refractivity contribution >= 4 is 24.5 Å². The van der Waals surface area contributed by atoms with E-state index in [-0.39, 0.29) is 18.0 Å². The molecule has 33 heavy (non-hydrogen) atoms. The van der Waals surface area contributed by atoms with Crippen LogP contribution in [-0.2, 0) is 4.79 Å². The van der Waals surface area contributed by atoms with Crippen LogP contribution in [0.2, 0.25) is 0 Å². The number of aromatic nitrogens is 2. The summed E-state index contributed by atoms with van der Waals surface area (Å²) in [5.74, 6) is 0.0348. The molecule has 0 N–H and O–H groups in total. The molecule has 1 saturated heterocycles. The van der Waals surface area contributed by atoms with E-state index < -0.39 is 0 Å². The minimum absolute atomic E-state index is 0.0348. The van der Waals surface area contributed by atoms with Gasteiger partial charge in [-0.25, -0.2) is 0 Å². The summed E-state index contributed by atoms with van der Waals surface area (Å²) in [6.07, 6.45) is 7.30. The van der Waals surface area contributed by atoms with Gasteiger partial charge in [-0.1, -0.05) is 19.1 Å². The second-order valence-electron chi connectivity index (χ2n) is 9.48. The molecule has 2 amide bonds. The van der Waals surface area contributed by atoms with E-state index in [0.717, 1.165) is 75.6 Å². The molecule has 1 aliphatic heterocycles. The normalized spacial score (nSPS) is 17.5. The van der Waals surface area contributed by atoms with Gasteiger partial charge in [0.15, 0.2) is 5.69 Å². The van der Waals surface area contributed by atoms with Crippen molar-refractivity contribution in [2.24, 2.45) is 0 Å². The molecule has 8 heteroatoms. The van der Waals surface area contributed by atoms with E-state index in [1.165, 1.54) is 0 Å². The highest BCUT2D eigenvalue weighted by atomic mass is 16.2. The molecule has 2 aliphatic rings. The lowest BCUT2D eigenvalue weighted by molar-refractivity contribution is -0.119. The van der Waals surface area contributed by atoms with Gasteiger partial charge in [-0.15, -0.1) is 0 Å². The Morgan fingerprint density at radius 3 is 2.39 bits per heavy atom. The van der Waals surface area contributed by atoms with Crippen LogP contribution in [0.25, 0.3) is 12.2 Å². The molecule has 0 spiro atoms. The van der Waals surface area contributed by atoms with E-state index in [0.29, 0.717) is 18.8 Å². The summed E-state index contributed by atoms with van der Waals surface area (Å²) in [5.41, 5.74) is 0.597. The number of amides is 2. The first-order valence-electron chi connectivity index (χ1n) is 12.6. The van der Waals surface area contributed by atoms with Gasteiger partial charge in [0.05, 0.1) is 5.35 Å². The minimum atomic E-state index is 0.0348. The average Bonchev–Trinajstić information content (AvgIpc) is 3.23. The van der Waals surface area contributed by atoms with Crippen molar-refractivity contribution < 1.29 is 9.59 Å². The van der Waals surface area contributed by atoms with Gasteiger partial charge in [0.2, 0.25) is 6.41 Å². The van der Waals surface area contributed by atoms with Crippen LogP contribution in [0.3, 0.4) is 0 Å². The van der Waals surface area contributed by atoms with Crippen molar-refractivity contribution in [1.82, 2.24) is 29.4 Å². The first kappa shape index (κ1) is 25.4. The Bertz CT molecular complexity index is 916. The fourth-order valence-electron chi connectivity index (χ4n) is 4.86. The van der Waals surface area contributed by atoms with Crippen LogP contribution in [0.4, 0.5) is 0 Å². The standard InChI is InChI=1S/C25H42N6O2/c1-6-29(17-16-27-12-14-28(19-32)15-13-27)21(5)18-30(7-2)25(33)24-22-10-8-9-11-23(22)31(26-24)20(3)4/h10-11,19-21H,6-9,12-18H2,1-5H3. The zero-order chi connectivity index (χ0) is 24.0. The van der Waals surface area contributed by atoms with Crippen molar-refractivity contribution in [3.8, 4) is 0 Å². The van der Waals surface area contributed by atoms with Crippen LogP contribution >= 0.6 is 0 Å². The van der Waals surface area contributed by atoms with E-state index in [9.17, 15) is 9.59 Å². The summed E-state index contributed by atoms with van der Waals surface area (Å²) in [6.45, 7) is 18.4. The fraction of sp³-hybridized carbons (Fsp3) is 0.720. The van der Waals surface area contributed by atoms with E-state index >= 15 is 0 Å². The average molecular weight is 459 g/mol. The lowest BCUT2D eigenvalue weighted by Gasteiger charge is -2.36. The highest BCUT2D eigenvalue weighted by Gasteiger charge is 2.25. The predicted octanol–water partition coefficient (Wildman–Crippen LogP) is 0.765. The SMILES string of the molecule is CCN(CC(C)N(CC)CCN1CCN(C=O)CC1)C(=O)c1nn(C(C)C)c2c1=CCCC=2. The van der Waals surface area contributed by atoms with Gasteiger partial charge < -0.3 is 9.80 Å². The summed E-state index contributed by atoms with van der Waals surface area (Å²) in [5, 5.41) is 6.86. The van der Waals surface area contributed by atoms with Gasteiger partial charge in [-0.05, 0) is 47.1 Å². The number of nitrogens with zero attached hydrogens (tertiary/aromatic N) is 6. The maximum Gasteiger partial charge on any atom is 0.275 e. The van der Waals surface area contributed by atoms with Crippen LogP contribution in [0.5, 0.6) is 0 Å². The first-order chi connectivity index (χ1) is 15.9. The number of piperazine rings is 1. The summed E-state index contributed by atoms with van der Waals surface area (Å²) < 4.78 is 2.00. The lowest BCUT2D eigenvalue weighted by Crippen LogP contribution is -2.50. The van der Waals surface area contributed by atoms with Crippen molar-refractivity contribution in [2.75, 3.05) is 58.9 Å². The van der Waals surface area contributed by atoms with Crippen molar-refractivity contribution in [3.05, 3.63) is 16.3 Å². The Hall–Kier alpha value is -2.19. The van der Waals surface area contributed by atoms with E-state index in [2.05, 4.69) is 56.6 Å². The van der Waals surface area contributed by atoms with Gasteiger partial charge >= 0.3 is 0 Å². The van der Waals surface area contributed by atoms with E-state index in [1.807, 2.05) is 14.5 Å². The van der Waals surface area contributed by atoms with Gasteiger partial charge in [0, 0.05) is 69.7 Å². The molecule has 0 bridgehead atoms. The maximum absolute atomic E-state index is 13.6. The summed E-state index contributed by atoms with van der Waals surface area (Å²) in [6, 6.07) is 0.481. The molecule has 0 radical (unpaired) electrons. The number of carbonyl (C=O) groups excluding carboxylic acids is 2. The molecule has 184 valence electrons. The molecule has 3 rings (SSSR count). The third kappa shape index (κ3) is 6.03. The van der Waals surface area contributed by atoms with Crippen molar-refractivity contribution in [2.45, 2.75) is 59.5 Å². The highest BCUT2D eigenvalue weighted by Crippen LogP contribution is 2.09. The highest BCUT2D eigenvalue weighted by molar-refractivity contribution is 5.92. The molecule has 1 aromatic rings. The summed E-state index contributed by atoms with van der Waals surface area (Å²) >= 11 is 0. The van der Waals surface area contributed by atoms with Crippen molar-refractivity contribution in [1.29, 1.82) is 0 Å². The minimum Gasteiger partial charge on any atom is -0.343 e. The maximum atomic E-state index is 13.6. The largest absolute Gasteiger partial charge is 0.343 e. The predicted molar refractivity (Wildman–Crippen MR) is 132 cm³/mol. The summed E-state index contributed by atoms with van der Waals surface area (Å²) in [4.78, 5) is 33.1. The Morgan fingerprint density at radius 1 is 1.09 bits per heavy atom. The van der Waals surface area contributed by atoms with Crippen LogP contribution in [0.15, 0.2) is 0 Å². The Kier molecular flexibility index (Phi) is 9.09.